The number of rotatable bonds is 4. The number of anilines is 1. The van der Waals surface area contributed by atoms with Gasteiger partial charge in [-0.05, 0) is 6.54 Å². The van der Waals surface area contributed by atoms with E-state index in [4.69, 9.17) is 4.42 Å². The maximum atomic E-state index is 5.52. The first-order valence-corrected chi connectivity index (χ1v) is 6.86. The van der Waals surface area contributed by atoms with Crippen molar-refractivity contribution in [3.63, 3.8) is 0 Å². The van der Waals surface area contributed by atoms with Crippen molar-refractivity contribution in [2.75, 3.05) is 30.3 Å². The van der Waals surface area contributed by atoms with Crippen molar-refractivity contribution < 1.29 is 4.42 Å². The first kappa shape index (κ1) is 11.8. The third-order valence-electron chi connectivity index (χ3n) is 2.61. The first-order valence-electron chi connectivity index (χ1n) is 5.81. The van der Waals surface area contributed by atoms with Crippen LogP contribution in [0.25, 0.3) is 0 Å². The highest BCUT2D eigenvalue weighted by Crippen LogP contribution is 2.23. The summed E-state index contributed by atoms with van der Waals surface area (Å²) in [6, 6.07) is 0.778. The molecule has 1 fully saturated rings. The molecule has 90 valence electrons. The Morgan fingerprint density at radius 3 is 3.31 bits per heavy atom. The number of nitrogens with zero attached hydrogens (tertiary/aromatic N) is 2. The van der Waals surface area contributed by atoms with Crippen LogP contribution in [0, 0.1) is 0 Å². The summed E-state index contributed by atoms with van der Waals surface area (Å²) < 4.78 is 5.52. The normalized spacial score (nSPS) is 21.4. The van der Waals surface area contributed by atoms with Gasteiger partial charge >= 0.3 is 0 Å². The highest BCUT2D eigenvalue weighted by molar-refractivity contribution is 8.00. The molecule has 0 saturated carbocycles. The summed E-state index contributed by atoms with van der Waals surface area (Å²) in [5.41, 5.74) is 0.989. The van der Waals surface area contributed by atoms with Gasteiger partial charge < -0.3 is 14.6 Å². The molecule has 1 aromatic heterocycles. The maximum Gasteiger partial charge on any atom is 0.297 e. The molecular weight excluding hydrogens is 222 g/mol. The number of nitrogens with one attached hydrogen (secondary N) is 1. The molecule has 1 aromatic rings. The predicted molar refractivity (Wildman–Crippen MR) is 68.0 cm³/mol. The zero-order valence-corrected chi connectivity index (χ0v) is 10.7. The van der Waals surface area contributed by atoms with E-state index < -0.39 is 0 Å². The van der Waals surface area contributed by atoms with Gasteiger partial charge in [0.15, 0.2) is 0 Å². The Balaban J connectivity index is 1.95. The Kier molecular flexibility index (Phi) is 4.12. The van der Waals surface area contributed by atoms with Gasteiger partial charge in [-0.15, -0.1) is 0 Å². The van der Waals surface area contributed by atoms with Gasteiger partial charge in [-0.1, -0.05) is 13.8 Å². The number of hydrogen-bond acceptors (Lipinski definition) is 5. The molecule has 0 amide bonds. The molecule has 0 radical (unpaired) electrons. The second kappa shape index (κ2) is 5.59. The second-order valence-corrected chi connectivity index (χ2v) is 5.58. The van der Waals surface area contributed by atoms with Crippen molar-refractivity contribution in [2.24, 2.45) is 0 Å². The molecule has 1 saturated heterocycles. The molecule has 5 heteroatoms. The fraction of sp³-hybridized carbons (Fsp3) is 0.727. The fourth-order valence-corrected chi connectivity index (χ4v) is 2.78. The number of aromatic nitrogens is 1. The summed E-state index contributed by atoms with van der Waals surface area (Å²) >= 11 is 2.01. The minimum atomic E-state index is 0.665. The monoisotopic (exact) mass is 241 g/mol. The van der Waals surface area contributed by atoms with E-state index in [1.807, 2.05) is 11.8 Å². The summed E-state index contributed by atoms with van der Waals surface area (Å²) in [5, 5.41) is 3.91. The molecule has 0 aromatic carbocycles. The van der Waals surface area contributed by atoms with E-state index in [-0.39, 0.29) is 0 Å². The number of thioether (sulfide) groups is 1. The standard InChI is InChI=1S/C11H19N3OS/c1-3-12-6-10-8-15-11(13-10)14-4-5-16-9(2)7-14/h8-9,12H,3-7H2,1-2H3. The van der Waals surface area contributed by atoms with Gasteiger partial charge in [0.05, 0.1) is 5.69 Å². The van der Waals surface area contributed by atoms with E-state index in [1.165, 1.54) is 0 Å². The average molecular weight is 241 g/mol. The van der Waals surface area contributed by atoms with Crippen molar-refractivity contribution in [1.82, 2.24) is 10.3 Å². The van der Waals surface area contributed by atoms with E-state index in [0.29, 0.717) is 5.25 Å². The number of oxazole rings is 1. The lowest BCUT2D eigenvalue weighted by Gasteiger charge is -2.28. The Morgan fingerprint density at radius 2 is 2.56 bits per heavy atom. The smallest absolute Gasteiger partial charge is 0.297 e. The molecule has 1 N–H and O–H groups in total. The lowest BCUT2D eigenvalue weighted by atomic mass is 10.4. The lowest BCUT2D eigenvalue weighted by molar-refractivity contribution is 0.532. The quantitative estimate of drug-likeness (QED) is 0.869. The van der Waals surface area contributed by atoms with Crippen LogP contribution in [0.3, 0.4) is 0 Å². The molecule has 4 nitrogen and oxygen atoms in total. The van der Waals surface area contributed by atoms with E-state index in [2.05, 4.69) is 29.0 Å². The van der Waals surface area contributed by atoms with Crippen LogP contribution < -0.4 is 10.2 Å². The molecule has 0 bridgehead atoms. The van der Waals surface area contributed by atoms with Crippen LogP contribution in [-0.4, -0.2) is 35.6 Å². The molecule has 1 unspecified atom stereocenters. The highest BCUT2D eigenvalue weighted by atomic mass is 32.2. The summed E-state index contributed by atoms with van der Waals surface area (Å²) in [7, 11) is 0. The SMILES string of the molecule is CCNCc1coc(N2CCSC(C)C2)n1. The van der Waals surface area contributed by atoms with Gasteiger partial charge in [-0.25, -0.2) is 0 Å². The van der Waals surface area contributed by atoms with Gasteiger partial charge in [0.2, 0.25) is 0 Å². The van der Waals surface area contributed by atoms with Crippen LogP contribution in [-0.2, 0) is 6.54 Å². The van der Waals surface area contributed by atoms with Gasteiger partial charge in [-0.2, -0.15) is 16.7 Å². The topological polar surface area (TPSA) is 41.3 Å². The predicted octanol–water partition coefficient (Wildman–Crippen LogP) is 1.73. The van der Waals surface area contributed by atoms with Gasteiger partial charge in [0.25, 0.3) is 6.01 Å². The van der Waals surface area contributed by atoms with E-state index in [1.54, 1.807) is 6.26 Å². The zero-order chi connectivity index (χ0) is 11.4. The van der Waals surface area contributed by atoms with Gasteiger partial charge in [0.1, 0.15) is 6.26 Å². The molecule has 1 atom stereocenters. The third-order valence-corrected chi connectivity index (χ3v) is 3.74. The van der Waals surface area contributed by atoms with E-state index in [9.17, 15) is 0 Å². The van der Waals surface area contributed by atoms with Crippen LogP contribution >= 0.6 is 11.8 Å². The largest absolute Gasteiger partial charge is 0.432 e. The van der Waals surface area contributed by atoms with Crippen LogP contribution in [0.2, 0.25) is 0 Å². The molecule has 0 spiro atoms. The minimum absolute atomic E-state index is 0.665. The second-order valence-electron chi connectivity index (χ2n) is 4.03. The van der Waals surface area contributed by atoms with Crippen LogP contribution in [0.1, 0.15) is 19.5 Å². The maximum absolute atomic E-state index is 5.52. The Bertz CT molecular complexity index is 329. The van der Waals surface area contributed by atoms with E-state index in [0.717, 1.165) is 43.6 Å². The molecule has 0 aliphatic carbocycles. The third kappa shape index (κ3) is 2.92. The van der Waals surface area contributed by atoms with Crippen molar-refractivity contribution in [2.45, 2.75) is 25.6 Å². The van der Waals surface area contributed by atoms with Gasteiger partial charge in [-0.3, -0.25) is 0 Å². The summed E-state index contributed by atoms with van der Waals surface area (Å²) in [6.07, 6.45) is 1.75. The van der Waals surface area contributed by atoms with Crippen LogP contribution in [0.5, 0.6) is 0 Å². The summed E-state index contributed by atoms with van der Waals surface area (Å²) in [5.74, 6) is 1.16. The van der Waals surface area contributed by atoms with Crippen molar-refractivity contribution in [3.05, 3.63) is 12.0 Å². The van der Waals surface area contributed by atoms with Crippen LogP contribution in [0.4, 0.5) is 6.01 Å². The fourth-order valence-electron chi connectivity index (χ4n) is 1.77. The minimum Gasteiger partial charge on any atom is -0.432 e. The van der Waals surface area contributed by atoms with Crippen molar-refractivity contribution >= 4 is 17.8 Å². The Hall–Kier alpha value is -0.680. The Labute approximate surface area is 101 Å². The Morgan fingerprint density at radius 1 is 1.69 bits per heavy atom. The lowest BCUT2D eigenvalue weighted by Crippen LogP contribution is -2.36. The van der Waals surface area contributed by atoms with E-state index >= 15 is 0 Å². The average Bonchev–Trinajstić information content (AvgIpc) is 2.75. The summed E-state index contributed by atoms with van der Waals surface area (Å²) in [4.78, 5) is 6.73. The first-order chi connectivity index (χ1) is 7.79. The highest BCUT2D eigenvalue weighted by Gasteiger charge is 2.20. The van der Waals surface area contributed by atoms with Crippen molar-refractivity contribution in [3.8, 4) is 0 Å². The zero-order valence-electron chi connectivity index (χ0n) is 9.90. The van der Waals surface area contributed by atoms with Crippen LogP contribution in [0.15, 0.2) is 10.7 Å². The van der Waals surface area contributed by atoms with Crippen molar-refractivity contribution in [1.29, 1.82) is 0 Å². The molecule has 2 rings (SSSR count). The molecule has 1 aliphatic heterocycles. The molecular formula is C11H19N3OS. The molecule has 2 heterocycles. The molecule has 1 aliphatic rings. The number of hydrogen-bond donors (Lipinski definition) is 1. The molecule has 16 heavy (non-hydrogen) atoms. The summed E-state index contributed by atoms with van der Waals surface area (Å²) in [6.45, 7) is 8.16. The van der Waals surface area contributed by atoms with Gasteiger partial charge in [0, 0.05) is 30.6 Å².